The lowest BCUT2D eigenvalue weighted by Crippen LogP contribution is -2.27. The largest absolute Gasteiger partial charge is 0.491 e. The third kappa shape index (κ3) is 5.40. The number of hydrogen-bond acceptors (Lipinski definition) is 3. The molecule has 0 heterocycles. The minimum Gasteiger partial charge on any atom is -0.491 e. The SMILES string of the molecule is CC1CC(C)CC(OCCOc2ccc(CC#N)cc2)C1. The minimum atomic E-state index is 0.394. The number of rotatable bonds is 6. The van der Waals surface area contributed by atoms with E-state index >= 15 is 0 Å². The second-order valence-electron chi connectivity index (χ2n) is 6.24. The summed E-state index contributed by atoms with van der Waals surface area (Å²) in [5.74, 6) is 2.38. The van der Waals surface area contributed by atoms with Gasteiger partial charge in [-0.1, -0.05) is 26.0 Å². The van der Waals surface area contributed by atoms with Crippen LogP contribution in [0.5, 0.6) is 5.75 Å². The molecule has 0 aliphatic heterocycles. The van der Waals surface area contributed by atoms with E-state index in [0.717, 1.165) is 23.1 Å². The summed E-state index contributed by atoms with van der Waals surface area (Å²) >= 11 is 0. The van der Waals surface area contributed by atoms with Gasteiger partial charge < -0.3 is 9.47 Å². The van der Waals surface area contributed by atoms with E-state index in [1.807, 2.05) is 24.3 Å². The van der Waals surface area contributed by atoms with Gasteiger partial charge in [0.25, 0.3) is 0 Å². The molecule has 3 nitrogen and oxygen atoms in total. The van der Waals surface area contributed by atoms with Gasteiger partial charge in [0.1, 0.15) is 12.4 Å². The van der Waals surface area contributed by atoms with Crippen LogP contribution in [0.4, 0.5) is 0 Å². The highest BCUT2D eigenvalue weighted by atomic mass is 16.5. The third-order valence-corrected chi connectivity index (χ3v) is 4.05. The van der Waals surface area contributed by atoms with Crippen LogP contribution in [0.15, 0.2) is 24.3 Å². The second kappa shape index (κ2) is 8.05. The average Bonchev–Trinajstić information content (AvgIpc) is 2.45. The molecule has 0 N–H and O–H groups in total. The predicted octanol–water partition coefficient (Wildman–Crippen LogP) is 3.97. The molecule has 1 aliphatic rings. The molecule has 114 valence electrons. The number of hydrogen-bond donors (Lipinski definition) is 0. The maximum Gasteiger partial charge on any atom is 0.119 e. The molecule has 1 saturated carbocycles. The third-order valence-electron chi connectivity index (χ3n) is 4.05. The van der Waals surface area contributed by atoms with Crippen molar-refractivity contribution in [2.45, 2.75) is 45.6 Å². The fourth-order valence-corrected chi connectivity index (χ4v) is 3.18. The standard InChI is InChI=1S/C18H25NO2/c1-14-11-15(2)13-18(12-14)21-10-9-20-17-5-3-16(4-6-17)7-8-19/h3-6,14-15,18H,7,9-13H2,1-2H3. The van der Waals surface area contributed by atoms with E-state index in [0.29, 0.717) is 25.7 Å². The first-order valence-electron chi connectivity index (χ1n) is 7.87. The topological polar surface area (TPSA) is 42.2 Å². The maximum absolute atomic E-state index is 8.63. The monoisotopic (exact) mass is 287 g/mol. The summed E-state index contributed by atoms with van der Waals surface area (Å²) in [7, 11) is 0. The molecule has 0 saturated heterocycles. The average molecular weight is 287 g/mol. The van der Waals surface area contributed by atoms with E-state index in [1.165, 1.54) is 19.3 Å². The minimum absolute atomic E-state index is 0.394. The summed E-state index contributed by atoms with van der Waals surface area (Å²) in [4.78, 5) is 0. The number of benzene rings is 1. The van der Waals surface area contributed by atoms with Gasteiger partial charge in [-0.05, 0) is 48.8 Å². The molecular formula is C18H25NO2. The number of nitriles is 1. The number of nitrogens with zero attached hydrogens (tertiary/aromatic N) is 1. The van der Waals surface area contributed by atoms with Crippen LogP contribution in [0, 0.1) is 23.2 Å². The van der Waals surface area contributed by atoms with Crippen LogP contribution < -0.4 is 4.74 Å². The predicted molar refractivity (Wildman–Crippen MR) is 83.2 cm³/mol. The van der Waals surface area contributed by atoms with Gasteiger partial charge in [0, 0.05) is 0 Å². The molecular weight excluding hydrogens is 262 g/mol. The highest BCUT2D eigenvalue weighted by Crippen LogP contribution is 2.30. The van der Waals surface area contributed by atoms with E-state index in [4.69, 9.17) is 14.7 Å². The molecule has 2 atom stereocenters. The zero-order valence-electron chi connectivity index (χ0n) is 13.0. The zero-order chi connectivity index (χ0) is 15.1. The molecule has 0 bridgehead atoms. The van der Waals surface area contributed by atoms with E-state index in [9.17, 15) is 0 Å². The van der Waals surface area contributed by atoms with Crippen molar-refractivity contribution in [1.82, 2.24) is 0 Å². The van der Waals surface area contributed by atoms with Crippen molar-refractivity contribution >= 4 is 0 Å². The Morgan fingerprint density at radius 3 is 2.33 bits per heavy atom. The van der Waals surface area contributed by atoms with Crippen molar-refractivity contribution < 1.29 is 9.47 Å². The lowest BCUT2D eigenvalue weighted by molar-refractivity contribution is -0.0107. The Kier molecular flexibility index (Phi) is 6.07. The van der Waals surface area contributed by atoms with E-state index in [1.54, 1.807) is 0 Å². The highest BCUT2D eigenvalue weighted by Gasteiger charge is 2.24. The summed E-state index contributed by atoms with van der Waals surface area (Å²) in [5.41, 5.74) is 1.02. The first-order chi connectivity index (χ1) is 10.2. The molecule has 1 aromatic rings. The Morgan fingerprint density at radius 2 is 1.71 bits per heavy atom. The summed E-state index contributed by atoms with van der Waals surface area (Å²) in [5, 5.41) is 8.63. The molecule has 0 radical (unpaired) electrons. The van der Waals surface area contributed by atoms with Crippen molar-refractivity contribution in [2.75, 3.05) is 13.2 Å². The molecule has 1 aromatic carbocycles. The highest BCUT2D eigenvalue weighted by molar-refractivity contribution is 5.28. The lowest BCUT2D eigenvalue weighted by atomic mass is 9.82. The Bertz CT molecular complexity index is 453. The molecule has 0 spiro atoms. The van der Waals surface area contributed by atoms with Crippen LogP contribution in [0.1, 0.15) is 38.7 Å². The van der Waals surface area contributed by atoms with Crippen LogP contribution in [0.2, 0.25) is 0 Å². The molecule has 21 heavy (non-hydrogen) atoms. The fourth-order valence-electron chi connectivity index (χ4n) is 3.18. The van der Waals surface area contributed by atoms with Crippen LogP contribution in [0.3, 0.4) is 0 Å². The lowest BCUT2D eigenvalue weighted by Gasteiger charge is -2.31. The summed E-state index contributed by atoms with van der Waals surface area (Å²) in [6.07, 6.45) is 4.51. The van der Waals surface area contributed by atoms with Crippen molar-refractivity contribution in [1.29, 1.82) is 5.26 Å². The molecule has 1 fully saturated rings. The van der Waals surface area contributed by atoms with Crippen LogP contribution in [-0.2, 0) is 11.2 Å². The summed E-state index contributed by atoms with van der Waals surface area (Å²) in [6.45, 7) is 5.84. The van der Waals surface area contributed by atoms with Crippen LogP contribution in [0.25, 0.3) is 0 Å². The molecule has 1 aliphatic carbocycles. The number of ether oxygens (including phenoxy) is 2. The maximum atomic E-state index is 8.63. The molecule has 0 amide bonds. The van der Waals surface area contributed by atoms with Gasteiger partial charge in [-0.25, -0.2) is 0 Å². The van der Waals surface area contributed by atoms with Crippen LogP contribution in [-0.4, -0.2) is 19.3 Å². The van der Waals surface area contributed by atoms with E-state index in [-0.39, 0.29) is 0 Å². The van der Waals surface area contributed by atoms with Gasteiger partial charge in [-0.15, -0.1) is 0 Å². The summed E-state index contributed by atoms with van der Waals surface area (Å²) in [6, 6.07) is 9.84. The summed E-state index contributed by atoms with van der Waals surface area (Å²) < 4.78 is 11.6. The normalized spacial score (nSPS) is 25.3. The van der Waals surface area contributed by atoms with Crippen molar-refractivity contribution in [2.24, 2.45) is 11.8 Å². The quantitative estimate of drug-likeness (QED) is 0.743. The van der Waals surface area contributed by atoms with Gasteiger partial charge in [-0.3, -0.25) is 0 Å². The Hall–Kier alpha value is -1.53. The second-order valence-corrected chi connectivity index (χ2v) is 6.24. The molecule has 2 rings (SSSR count). The Morgan fingerprint density at radius 1 is 1.05 bits per heavy atom. The Labute approximate surface area is 127 Å². The molecule has 2 unspecified atom stereocenters. The van der Waals surface area contributed by atoms with Gasteiger partial charge in [0.2, 0.25) is 0 Å². The smallest absolute Gasteiger partial charge is 0.119 e. The van der Waals surface area contributed by atoms with Gasteiger partial charge >= 0.3 is 0 Å². The van der Waals surface area contributed by atoms with Crippen LogP contribution >= 0.6 is 0 Å². The first kappa shape index (κ1) is 15.9. The van der Waals surface area contributed by atoms with Crippen molar-refractivity contribution in [3.8, 4) is 11.8 Å². The Balaban J connectivity index is 1.66. The molecule has 3 heteroatoms. The van der Waals surface area contributed by atoms with Crippen molar-refractivity contribution in [3.05, 3.63) is 29.8 Å². The van der Waals surface area contributed by atoms with Gasteiger partial charge in [0.05, 0.1) is 25.2 Å². The van der Waals surface area contributed by atoms with Gasteiger partial charge in [-0.2, -0.15) is 5.26 Å². The van der Waals surface area contributed by atoms with E-state index in [2.05, 4.69) is 19.9 Å². The van der Waals surface area contributed by atoms with Gasteiger partial charge in [0.15, 0.2) is 0 Å². The fraction of sp³-hybridized carbons (Fsp3) is 0.611. The molecule has 0 aromatic heterocycles. The van der Waals surface area contributed by atoms with Crippen molar-refractivity contribution in [3.63, 3.8) is 0 Å². The first-order valence-corrected chi connectivity index (χ1v) is 7.87. The van der Waals surface area contributed by atoms with E-state index < -0.39 is 0 Å². The zero-order valence-corrected chi connectivity index (χ0v) is 13.0.